The van der Waals surface area contributed by atoms with E-state index in [2.05, 4.69) is 0 Å². The van der Waals surface area contributed by atoms with Gasteiger partial charge in [-0.1, -0.05) is 17.7 Å². The second-order valence-electron chi connectivity index (χ2n) is 2.13. The van der Waals surface area contributed by atoms with Gasteiger partial charge in [-0.2, -0.15) is 0 Å². The van der Waals surface area contributed by atoms with Crippen molar-refractivity contribution in [1.29, 1.82) is 0 Å². The summed E-state index contributed by atoms with van der Waals surface area (Å²) in [6.45, 7) is 2.65. The first-order valence-corrected chi connectivity index (χ1v) is 3.91. The molecule has 0 amide bonds. The Morgan fingerprint density at radius 3 is 2.80 bits per heavy atom. The molecule has 0 unspecified atom stereocenters. The summed E-state index contributed by atoms with van der Waals surface area (Å²) in [5.74, 6) is 0.843. The number of hydrogen-bond acceptors (Lipinski definition) is 1. The highest BCUT2D eigenvalue weighted by Gasteiger charge is 2.05. The van der Waals surface area contributed by atoms with Gasteiger partial charge in [-0.05, 0) is 25.8 Å². The molecule has 0 saturated carbocycles. The number of halogens is 1. The van der Waals surface area contributed by atoms with E-state index >= 15 is 0 Å². The third kappa shape index (κ3) is 1.77. The van der Waals surface area contributed by atoms with Crippen molar-refractivity contribution >= 4 is 11.6 Å². The summed E-state index contributed by atoms with van der Waals surface area (Å²) >= 11 is 5.83. The van der Waals surface area contributed by atoms with Gasteiger partial charge < -0.3 is 4.74 Å². The quantitative estimate of drug-likeness (QED) is 0.601. The van der Waals surface area contributed by atoms with E-state index in [-0.39, 0.29) is 0 Å². The van der Waals surface area contributed by atoms with Crippen LogP contribution in [0.25, 0.3) is 0 Å². The van der Waals surface area contributed by atoms with Crippen molar-refractivity contribution in [3.05, 3.63) is 22.9 Å². The Labute approximate surface area is 66.3 Å². The van der Waals surface area contributed by atoms with Crippen LogP contribution in [0.2, 0.25) is 0 Å². The molecule has 0 atom stereocenters. The average molecular weight is 159 g/mol. The molecule has 0 aromatic rings. The molecule has 0 bridgehead atoms. The van der Waals surface area contributed by atoms with Crippen molar-refractivity contribution < 1.29 is 4.74 Å². The summed E-state index contributed by atoms with van der Waals surface area (Å²) in [6.07, 6.45) is 6.11. The van der Waals surface area contributed by atoms with Crippen LogP contribution in [0.4, 0.5) is 0 Å². The van der Waals surface area contributed by atoms with Gasteiger partial charge in [0.2, 0.25) is 0 Å². The molecule has 0 saturated heterocycles. The highest BCUT2D eigenvalue weighted by molar-refractivity contribution is 6.31. The fourth-order valence-corrected chi connectivity index (χ4v) is 1.15. The zero-order valence-corrected chi connectivity index (χ0v) is 6.82. The van der Waals surface area contributed by atoms with Crippen molar-refractivity contribution in [3.8, 4) is 0 Å². The van der Waals surface area contributed by atoms with E-state index in [1.165, 1.54) is 0 Å². The molecular formula is C8H11ClO. The van der Waals surface area contributed by atoms with Crippen LogP contribution in [0.3, 0.4) is 0 Å². The van der Waals surface area contributed by atoms with Crippen LogP contribution in [0.1, 0.15) is 19.8 Å². The molecule has 1 rings (SSSR count). The molecule has 10 heavy (non-hydrogen) atoms. The molecular weight excluding hydrogens is 148 g/mol. The third-order valence-electron chi connectivity index (χ3n) is 1.36. The van der Waals surface area contributed by atoms with Crippen LogP contribution in [-0.2, 0) is 4.74 Å². The first-order chi connectivity index (χ1) is 4.84. The lowest BCUT2D eigenvalue weighted by atomic mass is 10.2. The average Bonchev–Trinajstić information content (AvgIpc) is 1.94. The molecule has 1 nitrogen and oxygen atoms in total. The number of rotatable bonds is 2. The van der Waals surface area contributed by atoms with E-state index in [9.17, 15) is 0 Å². The standard InChI is InChI=1S/C8H11ClO/c1-2-10-8-6-4-3-5-7(8)9/h5-6H,2-4H2,1H3. The Kier molecular flexibility index (Phi) is 2.82. The maximum atomic E-state index is 5.83. The van der Waals surface area contributed by atoms with Gasteiger partial charge in [-0.3, -0.25) is 0 Å². The van der Waals surface area contributed by atoms with Gasteiger partial charge in [0, 0.05) is 0 Å². The van der Waals surface area contributed by atoms with Crippen LogP contribution in [0.5, 0.6) is 0 Å². The molecule has 0 aromatic carbocycles. The topological polar surface area (TPSA) is 9.23 Å². The van der Waals surface area contributed by atoms with Crippen molar-refractivity contribution in [2.75, 3.05) is 6.61 Å². The minimum Gasteiger partial charge on any atom is -0.493 e. The zero-order valence-electron chi connectivity index (χ0n) is 6.06. The van der Waals surface area contributed by atoms with Gasteiger partial charge in [0.1, 0.15) is 5.76 Å². The maximum Gasteiger partial charge on any atom is 0.133 e. The Morgan fingerprint density at radius 2 is 2.20 bits per heavy atom. The van der Waals surface area contributed by atoms with Gasteiger partial charge in [0.15, 0.2) is 0 Å². The van der Waals surface area contributed by atoms with Gasteiger partial charge in [-0.15, -0.1) is 0 Å². The summed E-state index contributed by atoms with van der Waals surface area (Å²) in [5, 5.41) is 0.758. The van der Waals surface area contributed by atoms with Crippen LogP contribution in [0, 0.1) is 0 Å². The van der Waals surface area contributed by atoms with Gasteiger partial charge in [0.25, 0.3) is 0 Å². The first-order valence-electron chi connectivity index (χ1n) is 3.53. The second kappa shape index (κ2) is 3.67. The fourth-order valence-electron chi connectivity index (χ4n) is 0.906. The molecule has 0 aromatic heterocycles. The van der Waals surface area contributed by atoms with E-state index < -0.39 is 0 Å². The van der Waals surface area contributed by atoms with Crippen molar-refractivity contribution in [2.24, 2.45) is 0 Å². The monoisotopic (exact) mass is 158 g/mol. The van der Waals surface area contributed by atoms with Crippen molar-refractivity contribution in [1.82, 2.24) is 0 Å². The number of allylic oxidation sites excluding steroid dienone is 3. The van der Waals surface area contributed by atoms with Gasteiger partial charge in [-0.25, -0.2) is 0 Å². The summed E-state index contributed by atoms with van der Waals surface area (Å²) in [6, 6.07) is 0. The minimum atomic E-state index is 0.690. The largest absolute Gasteiger partial charge is 0.493 e. The Bertz CT molecular complexity index is 170. The van der Waals surface area contributed by atoms with Crippen LogP contribution in [-0.4, -0.2) is 6.61 Å². The first kappa shape index (κ1) is 7.67. The summed E-state index contributed by atoms with van der Waals surface area (Å²) in [7, 11) is 0. The maximum absolute atomic E-state index is 5.83. The Hall–Kier alpha value is -0.430. The zero-order chi connectivity index (χ0) is 7.40. The molecule has 0 heterocycles. The van der Waals surface area contributed by atoms with Crippen molar-refractivity contribution in [2.45, 2.75) is 19.8 Å². The summed E-state index contributed by atoms with van der Waals surface area (Å²) in [4.78, 5) is 0. The van der Waals surface area contributed by atoms with Crippen LogP contribution in [0.15, 0.2) is 22.9 Å². The molecule has 0 radical (unpaired) electrons. The number of hydrogen-bond donors (Lipinski definition) is 0. The van der Waals surface area contributed by atoms with E-state index in [1.54, 1.807) is 0 Å². The summed E-state index contributed by atoms with van der Waals surface area (Å²) in [5.41, 5.74) is 0. The Balaban J connectivity index is 2.56. The molecule has 0 fully saturated rings. The lowest BCUT2D eigenvalue weighted by molar-refractivity contribution is 0.238. The van der Waals surface area contributed by atoms with Crippen LogP contribution >= 0.6 is 11.6 Å². The minimum absolute atomic E-state index is 0.690. The van der Waals surface area contributed by atoms with E-state index in [0.717, 1.165) is 23.6 Å². The molecule has 0 aliphatic heterocycles. The molecule has 1 aliphatic carbocycles. The van der Waals surface area contributed by atoms with E-state index in [4.69, 9.17) is 16.3 Å². The SMILES string of the molecule is CCOC1=CCCC=C1Cl. The lowest BCUT2D eigenvalue weighted by Crippen LogP contribution is -1.95. The molecule has 0 N–H and O–H groups in total. The normalized spacial score (nSPS) is 17.8. The molecule has 0 spiro atoms. The van der Waals surface area contributed by atoms with E-state index in [1.807, 2.05) is 19.1 Å². The van der Waals surface area contributed by atoms with E-state index in [0.29, 0.717) is 6.61 Å². The number of ether oxygens (including phenoxy) is 1. The summed E-state index contributed by atoms with van der Waals surface area (Å²) < 4.78 is 5.26. The Morgan fingerprint density at radius 1 is 1.50 bits per heavy atom. The predicted octanol–water partition coefficient (Wildman–Crippen LogP) is 2.82. The molecule has 1 aliphatic rings. The molecule has 56 valence electrons. The van der Waals surface area contributed by atoms with Crippen LogP contribution < -0.4 is 0 Å². The highest BCUT2D eigenvalue weighted by Crippen LogP contribution is 2.22. The third-order valence-corrected chi connectivity index (χ3v) is 1.70. The van der Waals surface area contributed by atoms with Gasteiger partial charge in [0.05, 0.1) is 11.6 Å². The predicted molar refractivity (Wildman–Crippen MR) is 42.9 cm³/mol. The van der Waals surface area contributed by atoms with Gasteiger partial charge >= 0.3 is 0 Å². The second-order valence-corrected chi connectivity index (χ2v) is 2.54. The fraction of sp³-hybridized carbons (Fsp3) is 0.500. The smallest absolute Gasteiger partial charge is 0.133 e. The van der Waals surface area contributed by atoms with Crippen molar-refractivity contribution in [3.63, 3.8) is 0 Å². The molecule has 2 heteroatoms. The lowest BCUT2D eigenvalue weighted by Gasteiger charge is -2.10. The highest BCUT2D eigenvalue weighted by atomic mass is 35.5.